The van der Waals surface area contributed by atoms with E-state index in [1.54, 1.807) is 23.1 Å². The first-order chi connectivity index (χ1) is 12.5. The van der Waals surface area contributed by atoms with E-state index in [2.05, 4.69) is 21.2 Å². The summed E-state index contributed by atoms with van der Waals surface area (Å²) < 4.78 is 5.82. The van der Waals surface area contributed by atoms with Crippen molar-refractivity contribution in [3.8, 4) is 0 Å². The third-order valence-electron chi connectivity index (χ3n) is 4.15. The summed E-state index contributed by atoms with van der Waals surface area (Å²) in [5, 5.41) is 2.62. The van der Waals surface area contributed by atoms with Gasteiger partial charge in [-0.05, 0) is 52.7 Å². The number of aryl methyl sites for hydroxylation is 1. The van der Waals surface area contributed by atoms with Crippen LogP contribution in [0.15, 0.2) is 45.5 Å². The Hall–Kier alpha value is -2.61. The van der Waals surface area contributed by atoms with Crippen LogP contribution in [0.4, 0.5) is 5.69 Å². The van der Waals surface area contributed by atoms with E-state index in [1.165, 1.54) is 11.2 Å². The number of furan rings is 1. The van der Waals surface area contributed by atoms with Crippen molar-refractivity contribution >= 4 is 39.3 Å². The van der Waals surface area contributed by atoms with Gasteiger partial charge in [0.2, 0.25) is 0 Å². The van der Waals surface area contributed by atoms with Crippen LogP contribution in [0.1, 0.15) is 16.1 Å². The molecule has 1 aliphatic rings. The largest absolute Gasteiger partial charge is 0.459 e. The van der Waals surface area contributed by atoms with Gasteiger partial charge in [-0.25, -0.2) is 0 Å². The average molecular weight is 420 g/mol. The van der Waals surface area contributed by atoms with Gasteiger partial charge in [0.25, 0.3) is 5.91 Å². The lowest BCUT2D eigenvalue weighted by atomic mass is 10.2. The van der Waals surface area contributed by atoms with E-state index in [0.29, 0.717) is 36.3 Å². The first kappa shape index (κ1) is 18.2. The molecule has 1 N–H and O–H groups in total. The fourth-order valence-electron chi connectivity index (χ4n) is 2.71. The van der Waals surface area contributed by atoms with Crippen LogP contribution in [0.25, 0.3) is 0 Å². The minimum atomic E-state index is -0.694. The quantitative estimate of drug-likeness (QED) is 0.756. The maximum atomic E-state index is 12.4. The van der Waals surface area contributed by atoms with Crippen molar-refractivity contribution in [1.82, 2.24) is 9.80 Å². The lowest BCUT2D eigenvalue weighted by Gasteiger charge is -2.33. The van der Waals surface area contributed by atoms with E-state index < -0.39 is 11.8 Å². The maximum absolute atomic E-state index is 12.4. The molecule has 3 amide bonds. The van der Waals surface area contributed by atoms with Crippen LogP contribution in [-0.4, -0.2) is 53.7 Å². The van der Waals surface area contributed by atoms with E-state index in [-0.39, 0.29) is 11.7 Å². The van der Waals surface area contributed by atoms with Gasteiger partial charge >= 0.3 is 11.8 Å². The number of nitrogens with zero attached hydrogens (tertiary/aromatic N) is 2. The molecule has 0 radical (unpaired) electrons. The summed E-state index contributed by atoms with van der Waals surface area (Å²) in [6.07, 6.45) is 1.44. The number of hydrogen-bond acceptors (Lipinski definition) is 4. The number of hydrogen-bond donors (Lipinski definition) is 1. The van der Waals surface area contributed by atoms with Crippen LogP contribution >= 0.6 is 15.9 Å². The SMILES string of the molecule is Cc1ccc(NC(=O)C(=O)N2CCN(C(=O)c3ccco3)CC2)c(Br)c1. The summed E-state index contributed by atoms with van der Waals surface area (Å²) >= 11 is 3.37. The Morgan fingerprint density at radius 3 is 2.38 bits per heavy atom. The third-order valence-corrected chi connectivity index (χ3v) is 4.81. The molecule has 2 aromatic rings. The zero-order valence-corrected chi connectivity index (χ0v) is 15.8. The molecule has 2 heterocycles. The highest BCUT2D eigenvalue weighted by molar-refractivity contribution is 9.10. The van der Waals surface area contributed by atoms with Crippen LogP contribution in [0.5, 0.6) is 0 Å². The number of nitrogens with one attached hydrogen (secondary N) is 1. The lowest BCUT2D eigenvalue weighted by molar-refractivity contribution is -0.144. The highest BCUT2D eigenvalue weighted by Crippen LogP contribution is 2.23. The smallest absolute Gasteiger partial charge is 0.313 e. The summed E-state index contributed by atoms with van der Waals surface area (Å²) in [6.45, 7) is 3.24. The summed E-state index contributed by atoms with van der Waals surface area (Å²) in [5.74, 6) is -1.25. The van der Waals surface area contributed by atoms with E-state index in [1.807, 2.05) is 19.1 Å². The van der Waals surface area contributed by atoms with E-state index in [9.17, 15) is 14.4 Å². The number of benzene rings is 1. The van der Waals surface area contributed by atoms with Crippen molar-refractivity contribution in [3.05, 3.63) is 52.4 Å². The Labute approximate surface area is 159 Å². The molecule has 7 nitrogen and oxygen atoms in total. The van der Waals surface area contributed by atoms with Gasteiger partial charge in [0.05, 0.1) is 12.0 Å². The minimum absolute atomic E-state index is 0.213. The lowest BCUT2D eigenvalue weighted by Crippen LogP contribution is -2.53. The molecular weight excluding hydrogens is 402 g/mol. The summed E-state index contributed by atoms with van der Waals surface area (Å²) in [6, 6.07) is 8.71. The number of carbonyl (C=O) groups is 3. The van der Waals surface area contributed by atoms with Gasteiger partial charge in [-0.15, -0.1) is 0 Å². The predicted molar refractivity (Wildman–Crippen MR) is 98.7 cm³/mol. The molecule has 0 unspecified atom stereocenters. The normalized spacial score (nSPS) is 14.2. The van der Waals surface area contributed by atoms with Crippen molar-refractivity contribution in [2.45, 2.75) is 6.92 Å². The number of carbonyl (C=O) groups excluding carboxylic acids is 3. The molecule has 1 aliphatic heterocycles. The van der Waals surface area contributed by atoms with Crippen molar-refractivity contribution in [3.63, 3.8) is 0 Å². The first-order valence-electron chi connectivity index (χ1n) is 8.15. The monoisotopic (exact) mass is 419 g/mol. The third kappa shape index (κ3) is 3.96. The van der Waals surface area contributed by atoms with Crippen LogP contribution in [0, 0.1) is 6.92 Å². The molecule has 0 saturated carbocycles. The molecule has 0 spiro atoms. The van der Waals surface area contributed by atoms with Gasteiger partial charge in [-0.3, -0.25) is 14.4 Å². The van der Waals surface area contributed by atoms with Crippen molar-refractivity contribution < 1.29 is 18.8 Å². The molecular formula is C18H18BrN3O4. The Morgan fingerprint density at radius 2 is 1.77 bits per heavy atom. The van der Waals surface area contributed by atoms with E-state index >= 15 is 0 Å². The van der Waals surface area contributed by atoms with Crippen LogP contribution in [0.3, 0.4) is 0 Å². The number of rotatable bonds is 2. The molecule has 1 saturated heterocycles. The minimum Gasteiger partial charge on any atom is -0.459 e. The van der Waals surface area contributed by atoms with Crippen LogP contribution in [0.2, 0.25) is 0 Å². The fraction of sp³-hybridized carbons (Fsp3) is 0.278. The van der Waals surface area contributed by atoms with E-state index in [0.717, 1.165) is 5.56 Å². The van der Waals surface area contributed by atoms with Crippen molar-refractivity contribution in [2.24, 2.45) is 0 Å². The molecule has 0 bridgehead atoms. The summed E-state index contributed by atoms with van der Waals surface area (Å²) in [7, 11) is 0. The molecule has 3 rings (SSSR count). The first-order valence-corrected chi connectivity index (χ1v) is 8.94. The molecule has 136 valence electrons. The number of piperazine rings is 1. The predicted octanol–water partition coefficient (Wildman–Crippen LogP) is 2.27. The molecule has 0 atom stereocenters. The van der Waals surface area contributed by atoms with Gasteiger partial charge in [-0.2, -0.15) is 0 Å². The van der Waals surface area contributed by atoms with Crippen LogP contribution < -0.4 is 5.32 Å². The summed E-state index contributed by atoms with van der Waals surface area (Å²) in [4.78, 5) is 39.9. The van der Waals surface area contributed by atoms with Crippen molar-refractivity contribution in [2.75, 3.05) is 31.5 Å². The highest BCUT2D eigenvalue weighted by Gasteiger charge is 2.29. The second-order valence-corrected chi connectivity index (χ2v) is 6.85. The van der Waals surface area contributed by atoms with Gasteiger partial charge in [0.1, 0.15) is 0 Å². The molecule has 8 heteroatoms. The van der Waals surface area contributed by atoms with E-state index in [4.69, 9.17) is 4.42 Å². The average Bonchev–Trinajstić information content (AvgIpc) is 3.17. The zero-order chi connectivity index (χ0) is 18.7. The second-order valence-electron chi connectivity index (χ2n) is 6.00. The molecule has 1 aromatic heterocycles. The zero-order valence-electron chi connectivity index (χ0n) is 14.2. The Bertz CT molecular complexity index is 827. The Balaban J connectivity index is 1.56. The van der Waals surface area contributed by atoms with Gasteiger partial charge in [0.15, 0.2) is 5.76 Å². The van der Waals surface area contributed by atoms with Gasteiger partial charge < -0.3 is 19.5 Å². The fourth-order valence-corrected chi connectivity index (χ4v) is 3.30. The Morgan fingerprint density at radius 1 is 1.08 bits per heavy atom. The van der Waals surface area contributed by atoms with Gasteiger partial charge in [-0.1, -0.05) is 6.07 Å². The van der Waals surface area contributed by atoms with Crippen molar-refractivity contribution in [1.29, 1.82) is 0 Å². The summed E-state index contributed by atoms with van der Waals surface area (Å²) in [5.41, 5.74) is 1.58. The standard InChI is InChI=1S/C18H18BrN3O4/c1-12-4-5-14(13(19)11-12)20-16(23)18(25)22-8-6-21(7-9-22)17(24)15-3-2-10-26-15/h2-5,10-11H,6-9H2,1H3,(H,20,23). The molecule has 1 aromatic carbocycles. The number of anilines is 1. The Kier molecular flexibility index (Phi) is 5.41. The molecule has 26 heavy (non-hydrogen) atoms. The topological polar surface area (TPSA) is 82.9 Å². The molecule has 0 aliphatic carbocycles. The van der Waals surface area contributed by atoms with Crippen LogP contribution in [-0.2, 0) is 9.59 Å². The maximum Gasteiger partial charge on any atom is 0.313 e. The number of halogens is 1. The highest BCUT2D eigenvalue weighted by atomic mass is 79.9. The van der Waals surface area contributed by atoms with Gasteiger partial charge in [0, 0.05) is 30.7 Å². The number of amides is 3. The molecule has 1 fully saturated rings. The second kappa shape index (κ2) is 7.74.